The Morgan fingerprint density at radius 3 is 2.38 bits per heavy atom. The van der Waals surface area contributed by atoms with Gasteiger partial charge in [-0.25, -0.2) is 0 Å². The van der Waals surface area contributed by atoms with Crippen molar-refractivity contribution in [3.05, 3.63) is 95.0 Å². The molecule has 3 aromatic carbocycles. The number of hydrogen-bond acceptors (Lipinski definition) is 3. The minimum Gasteiger partial charge on any atom is -0.485 e. The van der Waals surface area contributed by atoms with E-state index in [2.05, 4.69) is 5.32 Å². The van der Waals surface area contributed by atoms with Crippen molar-refractivity contribution in [3.8, 4) is 5.75 Å². The van der Waals surface area contributed by atoms with Gasteiger partial charge in [-0.05, 0) is 24.3 Å². The van der Waals surface area contributed by atoms with Crippen molar-refractivity contribution in [2.24, 2.45) is 0 Å². The lowest BCUT2D eigenvalue weighted by molar-refractivity contribution is 0.0920. The maximum absolute atomic E-state index is 12.3. The van der Waals surface area contributed by atoms with E-state index in [9.17, 15) is 9.59 Å². The van der Waals surface area contributed by atoms with Crippen LogP contribution in [0.5, 0.6) is 5.75 Å². The van der Waals surface area contributed by atoms with Gasteiger partial charge in [-0.1, -0.05) is 60.1 Å². The first-order valence-corrected chi connectivity index (χ1v) is 8.38. The van der Waals surface area contributed by atoms with Gasteiger partial charge >= 0.3 is 0 Å². The quantitative estimate of drug-likeness (QED) is 0.635. The first-order chi connectivity index (χ1) is 12.6. The van der Waals surface area contributed by atoms with Gasteiger partial charge in [0.05, 0.1) is 10.6 Å². The summed E-state index contributed by atoms with van der Waals surface area (Å²) in [4.78, 5) is 24.4. The van der Waals surface area contributed by atoms with E-state index in [0.717, 1.165) is 0 Å². The van der Waals surface area contributed by atoms with Crippen molar-refractivity contribution in [3.63, 3.8) is 0 Å². The maximum Gasteiger partial charge on any atom is 0.257 e. The second-order valence-corrected chi connectivity index (χ2v) is 5.95. The zero-order chi connectivity index (χ0) is 18.4. The molecule has 4 nitrogen and oxygen atoms in total. The molecule has 1 N–H and O–H groups in total. The Labute approximate surface area is 156 Å². The number of nitrogens with one attached hydrogen (secondary N) is 1. The SMILES string of the molecule is O=C(COc1cccc(NC(=O)c2ccccc2Cl)c1)c1ccccc1. The molecule has 0 saturated carbocycles. The molecule has 0 atom stereocenters. The average molecular weight is 366 g/mol. The molecule has 0 aromatic heterocycles. The standard InChI is InChI=1S/C21H16ClNO3/c22-19-12-5-4-11-18(19)21(25)23-16-9-6-10-17(13-16)26-14-20(24)15-7-2-1-3-8-15/h1-13H,14H2,(H,23,25). The molecule has 1 amide bonds. The zero-order valence-corrected chi connectivity index (χ0v) is 14.6. The number of anilines is 1. The van der Waals surface area contributed by atoms with Gasteiger partial charge in [-0.15, -0.1) is 0 Å². The number of ether oxygens (including phenoxy) is 1. The zero-order valence-electron chi connectivity index (χ0n) is 13.8. The van der Waals surface area contributed by atoms with Crippen molar-refractivity contribution >= 4 is 29.0 Å². The van der Waals surface area contributed by atoms with Crippen LogP contribution in [-0.4, -0.2) is 18.3 Å². The highest BCUT2D eigenvalue weighted by molar-refractivity contribution is 6.34. The van der Waals surface area contributed by atoms with Crippen LogP contribution in [0.1, 0.15) is 20.7 Å². The fourth-order valence-electron chi connectivity index (χ4n) is 2.36. The minimum atomic E-state index is -0.312. The molecule has 0 saturated heterocycles. The predicted molar refractivity (Wildman–Crippen MR) is 102 cm³/mol. The second kappa shape index (κ2) is 8.32. The van der Waals surface area contributed by atoms with Gasteiger partial charge in [0.1, 0.15) is 5.75 Å². The van der Waals surface area contributed by atoms with Gasteiger partial charge in [0.15, 0.2) is 12.4 Å². The molecule has 0 aliphatic carbocycles. The van der Waals surface area contributed by atoms with E-state index < -0.39 is 0 Å². The van der Waals surface area contributed by atoms with Gasteiger partial charge in [0.2, 0.25) is 0 Å². The van der Waals surface area contributed by atoms with E-state index in [-0.39, 0.29) is 18.3 Å². The molecule has 0 fully saturated rings. The number of rotatable bonds is 6. The second-order valence-electron chi connectivity index (χ2n) is 5.54. The summed E-state index contributed by atoms with van der Waals surface area (Å²) in [6, 6.07) is 22.6. The number of halogens is 1. The fraction of sp³-hybridized carbons (Fsp3) is 0.0476. The summed E-state index contributed by atoms with van der Waals surface area (Å²) in [5.74, 6) is 0.0652. The molecule has 0 bridgehead atoms. The summed E-state index contributed by atoms with van der Waals surface area (Å²) in [7, 11) is 0. The molecule has 0 unspecified atom stereocenters. The lowest BCUT2D eigenvalue weighted by atomic mass is 10.1. The van der Waals surface area contributed by atoms with Crippen LogP contribution in [0.4, 0.5) is 5.69 Å². The van der Waals surface area contributed by atoms with E-state index >= 15 is 0 Å². The van der Waals surface area contributed by atoms with Crippen LogP contribution in [0.15, 0.2) is 78.9 Å². The number of Topliss-reactive ketones (excluding diaryl/α,β-unsaturated/α-hetero) is 1. The van der Waals surface area contributed by atoms with E-state index in [0.29, 0.717) is 27.6 Å². The monoisotopic (exact) mass is 365 g/mol. The number of hydrogen-bond donors (Lipinski definition) is 1. The molecular weight excluding hydrogens is 350 g/mol. The van der Waals surface area contributed by atoms with Crippen molar-refractivity contribution < 1.29 is 14.3 Å². The first-order valence-electron chi connectivity index (χ1n) is 8.00. The van der Waals surface area contributed by atoms with Gasteiger partial charge in [-0.2, -0.15) is 0 Å². The summed E-state index contributed by atoms with van der Waals surface area (Å²) in [5, 5.41) is 3.15. The largest absolute Gasteiger partial charge is 0.485 e. The Morgan fingerprint density at radius 1 is 0.885 bits per heavy atom. The Morgan fingerprint density at radius 2 is 1.62 bits per heavy atom. The van der Waals surface area contributed by atoms with Crippen LogP contribution in [0.2, 0.25) is 5.02 Å². The van der Waals surface area contributed by atoms with Gasteiger partial charge < -0.3 is 10.1 Å². The summed E-state index contributed by atoms with van der Waals surface area (Å²) in [5.41, 5.74) is 1.54. The smallest absolute Gasteiger partial charge is 0.257 e. The van der Waals surface area contributed by atoms with Crippen LogP contribution < -0.4 is 10.1 Å². The summed E-state index contributed by atoms with van der Waals surface area (Å²) < 4.78 is 5.55. The molecule has 130 valence electrons. The highest BCUT2D eigenvalue weighted by atomic mass is 35.5. The van der Waals surface area contributed by atoms with Crippen molar-refractivity contribution in [2.45, 2.75) is 0 Å². The maximum atomic E-state index is 12.3. The fourth-order valence-corrected chi connectivity index (χ4v) is 2.59. The third-order valence-corrected chi connectivity index (χ3v) is 4.01. The number of carbonyl (C=O) groups excluding carboxylic acids is 2. The number of benzene rings is 3. The number of amides is 1. The van der Waals surface area contributed by atoms with Crippen LogP contribution >= 0.6 is 11.6 Å². The summed E-state index contributed by atoms with van der Waals surface area (Å²) in [6.07, 6.45) is 0. The number of carbonyl (C=O) groups is 2. The lowest BCUT2D eigenvalue weighted by Crippen LogP contribution is -2.13. The van der Waals surface area contributed by atoms with E-state index in [4.69, 9.17) is 16.3 Å². The van der Waals surface area contributed by atoms with Crippen LogP contribution in [0, 0.1) is 0 Å². The Hall–Kier alpha value is -3.11. The molecule has 0 radical (unpaired) electrons. The minimum absolute atomic E-state index is 0.0775. The predicted octanol–water partition coefficient (Wildman–Crippen LogP) is 4.85. The first kappa shape index (κ1) is 17.7. The molecular formula is C21H16ClNO3. The molecule has 0 aliphatic heterocycles. The molecule has 0 aliphatic rings. The van der Waals surface area contributed by atoms with Gasteiger partial charge in [0.25, 0.3) is 5.91 Å². The average Bonchev–Trinajstić information content (AvgIpc) is 2.67. The van der Waals surface area contributed by atoms with Gasteiger partial charge in [0, 0.05) is 17.3 Å². The van der Waals surface area contributed by atoms with E-state index in [1.807, 2.05) is 6.07 Å². The Bertz CT molecular complexity index is 925. The van der Waals surface area contributed by atoms with Crippen molar-refractivity contribution in [1.29, 1.82) is 0 Å². The lowest BCUT2D eigenvalue weighted by Gasteiger charge is -2.09. The Kier molecular flexibility index (Phi) is 5.66. The molecule has 3 rings (SSSR count). The molecule has 0 heterocycles. The molecule has 26 heavy (non-hydrogen) atoms. The third kappa shape index (κ3) is 4.49. The summed E-state index contributed by atoms with van der Waals surface area (Å²) >= 11 is 6.04. The summed E-state index contributed by atoms with van der Waals surface area (Å²) in [6.45, 7) is -0.0775. The van der Waals surface area contributed by atoms with E-state index in [1.165, 1.54) is 0 Å². The third-order valence-electron chi connectivity index (χ3n) is 3.68. The van der Waals surface area contributed by atoms with E-state index in [1.54, 1.807) is 72.8 Å². The van der Waals surface area contributed by atoms with Gasteiger partial charge in [-0.3, -0.25) is 9.59 Å². The Balaban J connectivity index is 1.64. The molecule has 0 spiro atoms. The van der Waals surface area contributed by atoms with Crippen molar-refractivity contribution in [2.75, 3.05) is 11.9 Å². The molecule has 5 heteroatoms. The molecule has 3 aromatic rings. The van der Waals surface area contributed by atoms with Crippen LogP contribution in [0.25, 0.3) is 0 Å². The van der Waals surface area contributed by atoms with Crippen LogP contribution in [0.3, 0.4) is 0 Å². The highest BCUT2D eigenvalue weighted by Crippen LogP contribution is 2.20. The number of ketones is 1. The van der Waals surface area contributed by atoms with Crippen molar-refractivity contribution in [1.82, 2.24) is 0 Å². The normalized spacial score (nSPS) is 10.2. The van der Waals surface area contributed by atoms with Crippen LogP contribution in [-0.2, 0) is 0 Å². The topological polar surface area (TPSA) is 55.4 Å². The highest BCUT2D eigenvalue weighted by Gasteiger charge is 2.11.